The van der Waals surface area contributed by atoms with Gasteiger partial charge in [-0.15, -0.1) is 0 Å². The highest BCUT2D eigenvalue weighted by atomic mass is 16.3. The summed E-state index contributed by atoms with van der Waals surface area (Å²) in [5.74, 6) is 0.411. The third kappa shape index (κ3) is 3.13. The quantitative estimate of drug-likeness (QED) is 0.249. The van der Waals surface area contributed by atoms with Crippen molar-refractivity contribution in [2.24, 2.45) is 0 Å². The molecular weight excluding hydrogens is 412 g/mol. The van der Waals surface area contributed by atoms with Gasteiger partial charge in [0.1, 0.15) is 23.0 Å². The minimum absolute atomic E-state index is 0.0880. The van der Waals surface area contributed by atoms with Crippen molar-refractivity contribution >= 4 is 0 Å². The molecule has 1 aliphatic rings. The van der Waals surface area contributed by atoms with Gasteiger partial charge in [0.15, 0.2) is 0 Å². The first-order chi connectivity index (χ1) is 15.7. The number of phenolic OH excluding ortho intramolecular Hbond substituents is 4. The van der Waals surface area contributed by atoms with Crippen molar-refractivity contribution in [3.63, 3.8) is 0 Å². The van der Waals surface area contributed by atoms with Crippen LogP contribution in [0.5, 0.6) is 23.0 Å². The Kier molecular flexibility index (Phi) is 4.64. The molecule has 1 aliphatic carbocycles. The summed E-state index contributed by atoms with van der Waals surface area (Å²) in [4.78, 5) is 0. The molecule has 4 aromatic carbocycles. The fourth-order valence-corrected chi connectivity index (χ4v) is 4.87. The van der Waals surface area contributed by atoms with Crippen LogP contribution in [0.4, 0.5) is 0 Å². The van der Waals surface area contributed by atoms with Crippen LogP contribution in [0, 0.1) is 27.7 Å². The Bertz CT molecular complexity index is 1350. The molecule has 0 amide bonds. The van der Waals surface area contributed by atoms with Gasteiger partial charge in [-0.1, -0.05) is 24.3 Å². The van der Waals surface area contributed by atoms with E-state index in [-0.39, 0.29) is 23.0 Å². The summed E-state index contributed by atoms with van der Waals surface area (Å²) in [5.41, 5.74) is 10.1. The lowest BCUT2D eigenvalue weighted by Gasteiger charge is -2.14. The molecule has 4 N–H and O–H groups in total. The fraction of sp³-hybridized carbons (Fsp3) is 0.172. The first-order valence-electron chi connectivity index (χ1n) is 11.0. The van der Waals surface area contributed by atoms with Gasteiger partial charge in [-0.25, -0.2) is 0 Å². The number of hydrogen-bond donors (Lipinski definition) is 4. The zero-order valence-corrected chi connectivity index (χ0v) is 19.1. The maximum absolute atomic E-state index is 10.7. The lowest BCUT2D eigenvalue weighted by molar-refractivity contribution is 0.441. The van der Waals surface area contributed by atoms with E-state index in [1.54, 1.807) is 13.8 Å². The van der Waals surface area contributed by atoms with Gasteiger partial charge in [0.2, 0.25) is 0 Å². The van der Waals surface area contributed by atoms with Crippen LogP contribution in [0.15, 0.2) is 48.5 Å². The smallest absolute Gasteiger partial charge is 0.130 e. The van der Waals surface area contributed by atoms with Gasteiger partial charge in [0.05, 0.1) is 0 Å². The maximum atomic E-state index is 10.7. The number of phenols is 4. The molecule has 4 aromatic rings. The highest BCUT2D eigenvalue weighted by Gasteiger charge is 2.22. The van der Waals surface area contributed by atoms with Crippen LogP contribution < -0.4 is 0 Å². The molecule has 0 unspecified atom stereocenters. The summed E-state index contributed by atoms with van der Waals surface area (Å²) < 4.78 is 0. The third-order valence-corrected chi connectivity index (χ3v) is 6.91. The number of aryl methyl sites for hydroxylation is 2. The number of hydrogen-bond acceptors (Lipinski definition) is 4. The number of rotatable bonds is 2. The van der Waals surface area contributed by atoms with Gasteiger partial charge in [-0.2, -0.15) is 0 Å². The second-order valence-electron chi connectivity index (χ2n) is 9.05. The molecular formula is C29H26O4. The van der Waals surface area contributed by atoms with Crippen molar-refractivity contribution in [2.45, 2.75) is 34.1 Å². The van der Waals surface area contributed by atoms with Crippen molar-refractivity contribution in [3.8, 4) is 56.4 Å². The molecule has 166 valence electrons. The first-order valence-corrected chi connectivity index (χ1v) is 11.0. The molecule has 4 nitrogen and oxygen atoms in total. The van der Waals surface area contributed by atoms with Crippen molar-refractivity contribution in [1.82, 2.24) is 0 Å². The molecule has 0 aliphatic heterocycles. The summed E-state index contributed by atoms with van der Waals surface area (Å²) in [6.45, 7) is 7.08. The minimum atomic E-state index is 0.0880. The largest absolute Gasteiger partial charge is 0.507 e. The molecule has 0 saturated heterocycles. The van der Waals surface area contributed by atoms with E-state index in [0.717, 1.165) is 39.8 Å². The highest BCUT2D eigenvalue weighted by molar-refractivity contribution is 5.87. The molecule has 0 saturated carbocycles. The Morgan fingerprint density at radius 3 is 1.27 bits per heavy atom. The van der Waals surface area contributed by atoms with E-state index in [4.69, 9.17) is 0 Å². The monoisotopic (exact) mass is 438 g/mol. The standard InChI is InChI=1S/C29H26O4/c1-14-9-24(28(32)16(3)26(14)30)20-7-5-18-11-19-6-8-21(13-23(19)22(18)12-20)25-10-15(2)27(31)17(4)29(25)33/h5-10,12-13,30-33H,11H2,1-4H3. The summed E-state index contributed by atoms with van der Waals surface area (Å²) >= 11 is 0. The summed E-state index contributed by atoms with van der Waals surface area (Å²) in [5, 5.41) is 41.7. The van der Waals surface area contributed by atoms with Gasteiger partial charge >= 0.3 is 0 Å². The Hall–Kier alpha value is -3.92. The van der Waals surface area contributed by atoms with Crippen molar-refractivity contribution in [3.05, 3.63) is 81.9 Å². The zero-order valence-electron chi connectivity index (χ0n) is 19.1. The van der Waals surface area contributed by atoms with Crippen LogP contribution in [-0.4, -0.2) is 20.4 Å². The average molecular weight is 439 g/mol. The first kappa shape index (κ1) is 21.0. The number of fused-ring (bicyclic) bond motifs is 3. The van der Waals surface area contributed by atoms with E-state index < -0.39 is 0 Å². The average Bonchev–Trinajstić information content (AvgIpc) is 3.18. The maximum Gasteiger partial charge on any atom is 0.130 e. The molecule has 4 heteroatoms. The molecule has 0 heterocycles. The summed E-state index contributed by atoms with van der Waals surface area (Å²) in [7, 11) is 0. The fourth-order valence-electron chi connectivity index (χ4n) is 4.87. The SMILES string of the molecule is Cc1cc(-c2ccc3c(c2)-c2cc(-c4cc(C)c(O)c(C)c4O)ccc2C3)c(O)c(C)c1O. The third-order valence-electron chi connectivity index (χ3n) is 6.91. The zero-order chi connectivity index (χ0) is 23.6. The van der Waals surface area contributed by atoms with E-state index in [2.05, 4.69) is 24.3 Å². The van der Waals surface area contributed by atoms with Crippen LogP contribution in [-0.2, 0) is 6.42 Å². The van der Waals surface area contributed by atoms with Crippen molar-refractivity contribution < 1.29 is 20.4 Å². The normalized spacial score (nSPS) is 12.0. The Labute approximate surface area is 193 Å². The molecule has 5 rings (SSSR count). The molecule has 0 fully saturated rings. The second kappa shape index (κ2) is 7.31. The Morgan fingerprint density at radius 1 is 0.485 bits per heavy atom. The van der Waals surface area contributed by atoms with Crippen molar-refractivity contribution in [1.29, 1.82) is 0 Å². The van der Waals surface area contributed by atoms with E-state index >= 15 is 0 Å². The molecule has 0 spiro atoms. The van der Waals surface area contributed by atoms with Gasteiger partial charge in [0, 0.05) is 22.3 Å². The van der Waals surface area contributed by atoms with Crippen LogP contribution in [0.1, 0.15) is 33.4 Å². The van der Waals surface area contributed by atoms with Crippen LogP contribution in [0.3, 0.4) is 0 Å². The van der Waals surface area contributed by atoms with Crippen molar-refractivity contribution in [2.75, 3.05) is 0 Å². The van der Waals surface area contributed by atoms with Gasteiger partial charge in [-0.05, 0) is 103 Å². The summed E-state index contributed by atoms with van der Waals surface area (Å²) in [6, 6.07) is 16.0. The molecule has 33 heavy (non-hydrogen) atoms. The van der Waals surface area contributed by atoms with Gasteiger partial charge < -0.3 is 20.4 Å². The van der Waals surface area contributed by atoms with Gasteiger partial charge in [-0.3, -0.25) is 0 Å². The Balaban J connectivity index is 1.66. The number of benzene rings is 4. The molecule has 0 aromatic heterocycles. The Morgan fingerprint density at radius 2 is 0.879 bits per heavy atom. The lowest BCUT2D eigenvalue weighted by atomic mass is 9.93. The summed E-state index contributed by atoms with van der Waals surface area (Å²) in [6.07, 6.45) is 0.824. The van der Waals surface area contributed by atoms with E-state index in [1.807, 2.05) is 38.1 Å². The van der Waals surface area contributed by atoms with E-state index in [9.17, 15) is 20.4 Å². The predicted molar refractivity (Wildman–Crippen MR) is 131 cm³/mol. The van der Waals surface area contributed by atoms with Crippen LogP contribution >= 0.6 is 0 Å². The molecule has 0 bridgehead atoms. The van der Waals surface area contributed by atoms with Crippen LogP contribution in [0.2, 0.25) is 0 Å². The molecule has 0 radical (unpaired) electrons. The number of aromatic hydroxyl groups is 4. The van der Waals surface area contributed by atoms with Crippen LogP contribution in [0.25, 0.3) is 33.4 Å². The second-order valence-corrected chi connectivity index (χ2v) is 9.05. The van der Waals surface area contributed by atoms with E-state index in [0.29, 0.717) is 22.3 Å². The van der Waals surface area contributed by atoms with E-state index in [1.165, 1.54) is 11.1 Å². The van der Waals surface area contributed by atoms with Gasteiger partial charge in [0.25, 0.3) is 0 Å². The topological polar surface area (TPSA) is 80.9 Å². The lowest BCUT2D eigenvalue weighted by Crippen LogP contribution is -1.89. The molecule has 0 atom stereocenters. The predicted octanol–water partition coefficient (Wildman–Crippen LogP) is 6.65. The minimum Gasteiger partial charge on any atom is -0.507 e. The highest BCUT2D eigenvalue weighted by Crippen LogP contribution is 2.46.